The summed E-state index contributed by atoms with van der Waals surface area (Å²) in [5.74, 6) is 0.975. The van der Waals surface area contributed by atoms with Crippen molar-refractivity contribution in [2.24, 2.45) is 5.73 Å². The highest BCUT2D eigenvalue weighted by molar-refractivity contribution is 5.38. The predicted molar refractivity (Wildman–Crippen MR) is 83.9 cm³/mol. The first-order valence-electron chi connectivity index (χ1n) is 7.75. The molecular formula is C17H28N2O. The van der Waals surface area contributed by atoms with E-state index < -0.39 is 0 Å². The number of hydrogen-bond acceptors (Lipinski definition) is 3. The number of rotatable bonds is 5. The van der Waals surface area contributed by atoms with Crippen molar-refractivity contribution < 1.29 is 4.74 Å². The van der Waals surface area contributed by atoms with E-state index in [0.29, 0.717) is 12.1 Å². The van der Waals surface area contributed by atoms with E-state index in [-0.39, 0.29) is 6.04 Å². The normalized spacial score (nSPS) is 24.9. The van der Waals surface area contributed by atoms with Crippen LogP contribution in [0.3, 0.4) is 0 Å². The summed E-state index contributed by atoms with van der Waals surface area (Å²) >= 11 is 0. The van der Waals surface area contributed by atoms with Gasteiger partial charge in [0.15, 0.2) is 0 Å². The number of likely N-dealkylation sites (tertiary alicyclic amines) is 1. The summed E-state index contributed by atoms with van der Waals surface area (Å²) in [7, 11) is 1.75. The quantitative estimate of drug-likeness (QED) is 0.895. The van der Waals surface area contributed by atoms with Gasteiger partial charge in [0.05, 0.1) is 7.11 Å². The molecule has 0 saturated carbocycles. The maximum atomic E-state index is 6.01. The smallest absolute Gasteiger partial charge is 0.123 e. The number of hydrogen-bond donors (Lipinski definition) is 1. The van der Waals surface area contributed by atoms with E-state index in [1.54, 1.807) is 7.11 Å². The standard InChI is InChI=1S/C17H28N2O/c1-5-16-8-6-12(2)19(16)11-15-10-14(13(3)18)7-9-17(15)20-4/h7,9-10,12-13,16H,5-6,8,11,18H2,1-4H3. The Hall–Kier alpha value is -1.06. The van der Waals surface area contributed by atoms with Crippen molar-refractivity contribution in [3.8, 4) is 5.75 Å². The van der Waals surface area contributed by atoms with Crippen LogP contribution in [-0.4, -0.2) is 24.1 Å². The van der Waals surface area contributed by atoms with Gasteiger partial charge in [0.1, 0.15) is 5.75 Å². The second kappa shape index (κ2) is 6.59. The fourth-order valence-electron chi connectivity index (χ4n) is 3.25. The Labute approximate surface area is 123 Å². The summed E-state index contributed by atoms with van der Waals surface area (Å²) < 4.78 is 5.53. The van der Waals surface area contributed by atoms with Gasteiger partial charge in [-0.05, 0) is 50.8 Å². The van der Waals surface area contributed by atoms with Crippen molar-refractivity contribution in [1.82, 2.24) is 4.90 Å². The molecule has 3 atom stereocenters. The molecule has 2 rings (SSSR count). The average molecular weight is 276 g/mol. The van der Waals surface area contributed by atoms with E-state index in [9.17, 15) is 0 Å². The van der Waals surface area contributed by atoms with E-state index in [0.717, 1.165) is 12.3 Å². The number of nitrogens with two attached hydrogens (primary N) is 1. The molecule has 1 aliphatic rings. The van der Waals surface area contributed by atoms with Crippen molar-refractivity contribution in [3.05, 3.63) is 29.3 Å². The number of ether oxygens (including phenoxy) is 1. The fraction of sp³-hybridized carbons (Fsp3) is 0.647. The van der Waals surface area contributed by atoms with Crippen LogP contribution in [0.1, 0.15) is 57.2 Å². The molecule has 1 heterocycles. The minimum Gasteiger partial charge on any atom is -0.496 e. The van der Waals surface area contributed by atoms with E-state index in [1.807, 2.05) is 6.92 Å². The lowest BCUT2D eigenvalue weighted by molar-refractivity contribution is 0.187. The fourth-order valence-corrected chi connectivity index (χ4v) is 3.25. The Kier molecular flexibility index (Phi) is 5.06. The van der Waals surface area contributed by atoms with Gasteiger partial charge in [-0.25, -0.2) is 0 Å². The summed E-state index contributed by atoms with van der Waals surface area (Å²) in [5, 5.41) is 0. The molecule has 0 radical (unpaired) electrons. The van der Waals surface area contributed by atoms with E-state index in [1.165, 1.54) is 30.4 Å². The van der Waals surface area contributed by atoms with Crippen LogP contribution in [0.5, 0.6) is 5.75 Å². The van der Waals surface area contributed by atoms with Gasteiger partial charge in [-0.2, -0.15) is 0 Å². The molecule has 1 saturated heterocycles. The lowest BCUT2D eigenvalue weighted by Gasteiger charge is -2.28. The Balaban J connectivity index is 2.24. The van der Waals surface area contributed by atoms with Crippen molar-refractivity contribution in [2.75, 3.05) is 7.11 Å². The molecular weight excluding hydrogens is 248 g/mol. The highest BCUT2D eigenvalue weighted by Gasteiger charge is 2.29. The molecule has 2 N–H and O–H groups in total. The second-order valence-electron chi connectivity index (χ2n) is 6.02. The molecule has 0 bridgehead atoms. The highest BCUT2D eigenvalue weighted by atomic mass is 16.5. The zero-order chi connectivity index (χ0) is 14.7. The molecule has 0 aromatic heterocycles. The maximum Gasteiger partial charge on any atom is 0.123 e. The van der Waals surface area contributed by atoms with Gasteiger partial charge >= 0.3 is 0 Å². The summed E-state index contributed by atoms with van der Waals surface area (Å²) in [5.41, 5.74) is 8.45. The van der Waals surface area contributed by atoms with Crippen LogP contribution < -0.4 is 10.5 Å². The van der Waals surface area contributed by atoms with Crippen molar-refractivity contribution in [1.29, 1.82) is 0 Å². The molecule has 1 fully saturated rings. The molecule has 0 amide bonds. The summed E-state index contributed by atoms with van der Waals surface area (Å²) in [6.07, 6.45) is 3.83. The van der Waals surface area contributed by atoms with Gasteiger partial charge in [0, 0.05) is 30.2 Å². The molecule has 1 aromatic rings. The maximum absolute atomic E-state index is 6.01. The van der Waals surface area contributed by atoms with Crippen LogP contribution >= 0.6 is 0 Å². The lowest BCUT2D eigenvalue weighted by Crippen LogP contribution is -2.33. The van der Waals surface area contributed by atoms with Crippen LogP contribution in [-0.2, 0) is 6.54 Å². The number of methoxy groups -OCH3 is 1. The van der Waals surface area contributed by atoms with Gasteiger partial charge in [-0.3, -0.25) is 4.90 Å². The Bertz CT molecular complexity index is 445. The van der Waals surface area contributed by atoms with Gasteiger partial charge < -0.3 is 10.5 Å². The molecule has 0 aliphatic carbocycles. The zero-order valence-corrected chi connectivity index (χ0v) is 13.2. The molecule has 20 heavy (non-hydrogen) atoms. The number of benzene rings is 1. The topological polar surface area (TPSA) is 38.5 Å². The third kappa shape index (κ3) is 3.15. The molecule has 1 aliphatic heterocycles. The molecule has 3 unspecified atom stereocenters. The molecule has 112 valence electrons. The zero-order valence-electron chi connectivity index (χ0n) is 13.2. The first-order valence-corrected chi connectivity index (χ1v) is 7.75. The largest absolute Gasteiger partial charge is 0.496 e. The first kappa shape index (κ1) is 15.3. The van der Waals surface area contributed by atoms with Crippen molar-refractivity contribution in [2.45, 2.75) is 64.7 Å². The Morgan fingerprint density at radius 2 is 2.15 bits per heavy atom. The van der Waals surface area contributed by atoms with Crippen LogP contribution in [0.4, 0.5) is 0 Å². The monoisotopic (exact) mass is 276 g/mol. The Morgan fingerprint density at radius 3 is 2.75 bits per heavy atom. The summed E-state index contributed by atoms with van der Waals surface area (Å²) in [6.45, 7) is 7.60. The third-order valence-corrected chi connectivity index (χ3v) is 4.61. The average Bonchev–Trinajstić information content (AvgIpc) is 2.79. The SMILES string of the molecule is CCC1CCC(C)N1Cc1cc(C(C)N)ccc1OC. The summed E-state index contributed by atoms with van der Waals surface area (Å²) in [6, 6.07) is 7.75. The molecule has 0 spiro atoms. The lowest BCUT2D eigenvalue weighted by atomic mass is 10.0. The van der Waals surface area contributed by atoms with Crippen LogP contribution in [0.25, 0.3) is 0 Å². The van der Waals surface area contributed by atoms with E-state index >= 15 is 0 Å². The minimum absolute atomic E-state index is 0.0672. The van der Waals surface area contributed by atoms with Crippen molar-refractivity contribution in [3.63, 3.8) is 0 Å². The highest BCUT2D eigenvalue weighted by Crippen LogP contribution is 2.31. The Morgan fingerprint density at radius 1 is 1.40 bits per heavy atom. The molecule has 3 heteroatoms. The van der Waals surface area contributed by atoms with Crippen LogP contribution in [0, 0.1) is 0 Å². The number of nitrogens with zero attached hydrogens (tertiary/aromatic N) is 1. The van der Waals surface area contributed by atoms with E-state index in [2.05, 4.69) is 36.9 Å². The third-order valence-electron chi connectivity index (χ3n) is 4.61. The van der Waals surface area contributed by atoms with E-state index in [4.69, 9.17) is 10.5 Å². The van der Waals surface area contributed by atoms with Gasteiger partial charge in [0.2, 0.25) is 0 Å². The van der Waals surface area contributed by atoms with Gasteiger partial charge in [-0.15, -0.1) is 0 Å². The predicted octanol–water partition coefficient (Wildman–Crippen LogP) is 3.48. The second-order valence-corrected chi connectivity index (χ2v) is 6.02. The van der Waals surface area contributed by atoms with Crippen molar-refractivity contribution >= 4 is 0 Å². The minimum atomic E-state index is 0.0672. The van der Waals surface area contributed by atoms with Crippen LogP contribution in [0.15, 0.2) is 18.2 Å². The van der Waals surface area contributed by atoms with Crippen LogP contribution in [0.2, 0.25) is 0 Å². The summed E-state index contributed by atoms with van der Waals surface area (Å²) in [4.78, 5) is 2.61. The molecule has 1 aromatic carbocycles. The van der Waals surface area contributed by atoms with Gasteiger partial charge in [-0.1, -0.05) is 13.0 Å². The molecule has 3 nitrogen and oxygen atoms in total. The first-order chi connectivity index (χ1) is 9.56. The van der Waals surface area contributed by atoms with Gasteiger partial charge in [0.25, 0.3) is 0 Å².